The predicted octanol–water partition coefficient (Wildman–Crippen LogP) is 3.38. The number of aliphatic hydroxyl groups excluding tert-OH is 1. The van der Waals surface area contributed by atoms with Gasteiger partial charge in [-0.15, -0.1) is 0 Å². The number of aliphatic hydroxyl groups is 1. The van der Waals surface area contributed by atoms with Crippen LogP contribution in [0.25, 0.3) is 0 Å². The monoisotopic (exact) mass is 277 g/mol. The van der Waals surface area contributed by atoms with E-state index in [1.165, 1.54) is 0 Å². The molecule has 0 bridgehead atoms. The number of para-hydroxylation sites is 1. The highest BCUT2D eigenvalue weighted by Crippen LogP contribution is 2.41. The molecular formula is C17H27NO2. The second-order valence-electron chi connectivity index (χ2n) is 6.12. The lowest BCUT2D eigenvalue weighted by atomic mass is 9.84. The largest absolute Gasteiger partial charge is 0.486 e. The Bertz CT molecular complexity index is 444. The summed E-state index contributed by atoms with van der Waals surface area (Å²) in [5.41, 5.74) is 0.518. The topological polar surface area (TPSA) is 32.7 Å². The highest BCUT2D eigenvalue weighted by molar-refractivity contribution is 5.39. The highest BCUT2D eigenvalue weighted by atomic mass is 16.5. The van der Waals surface area contributed by atoms with Crippen LogP contribution in [0.3, 0.4) is 0 Å². The summed E-state index contributed by atoms with van der Waals surface area (Å²) >= 11 is 0. The zero-order valence-corrected chi connectivity index (χ0v) is 13.1. The summed E-state index contributed by atoms with van der Waals surface area (Å²) in [5, 5.41) is 10.8. The number of hydrogen-bond acceptors (Lipinski definition) is 3. The van der Waals surface area contributed by atoms with Gasteiger partial charge in [0.05, 0.1) is 6.04 Å². The Balaban J connectivity index is 2.31. The minimum atomic E-state index is -0.494. The van der Waals surface area contributed by atoms with E-state index in [9.17, 15) is 5.11 Å². The molecule has 0 saturated carbocycles. The molecule has 0 saturated heterocycles. The van der Waals surface area contributed by atoms with Crippen molar-refractivity contribution < 1.29 is 9.84 Å². The standard InChI is InChI=1S/C17H27NO2/c1-5-7-12-18(6-2)16-15(19)13-10-8-9-11-14(13)20-17(16,3)4/h8-11,15-16,19H,5-7,12H2,1-4H3. The van der Waals surface area contributed by atoms with E-state index in [-0.39, 0.29) is 6.04 Å². The van der Waals surface area contributed by atoms with Crippen molar-refractivity contribution in [2.75, 3.05) is 13.1 Å². The van der Waals surface area contributed by atoms with Crippen LogP contribution >= 0.6 is 0 Å². The number of nitrogens with zero attached hydrogens (tertiary/aromatic N) is 1. The quantitative estimate of drug-likeness (QED) is 0.895. The second kappa shape index (κ2) is 6.15. The van der Waals surface area contributed by atoms with Crippen LogP contribution in [0.4, 0.5) is 0 Å². The molecule has 1 aliphatic rings. The fourth-order valence-corrected chi connectivity index (χ4v) is 3.21. The van der Waals surface area contributed by atoms with Crippen molar-refractivity contribution in [2.24, 2.45) is 0 Å². The summed E-state index contributed by atoms with van der Waals surface area (Å²) in [6.07, 6.45) is 1.82. The van der Waals surface area contributed by atoms with Crippen LogP contribution in [0.15, 0.2) is 24.3 Å². The molecule has 0 aromatic heterocycles. The molecule has 0 amide bonds. The summed E-state index contributed by atoms with van der Waals surface area (Å²) in [6, 6.07) is 7.82. The number of benzene rings is 1. The summed E-state index contributed by atoms with van der Waals surface area (Å²) in [7, 11) is 0. The summed E-state index contributed by atoms with van der Waals surface area (Å²) in [5.74, 6) is 0.813. The van der Waals surface area contributed by atoms with Crippen LogP contribution in [0, 0.1) is 0 Å². The minimum absolute atomic E-state index is 0.00560. The van der Waals surface area contributed by atoms with Crippen LogP contribution in [0.5, 0.6) is 5.75 Å². The maximum Gasteiger partial charge on any atom is 0.126 e. The molecule has 2 unspecified atom stereocenters. The molecule has 1 N–H and O–H groups in total. The number of hydrogen-bond donors (Lipinski definition) is 1. The van der Waals surface area contributed by atoms with Gasteiger partial charge in [0.1, 0.15) is 17.5 Å². The fourth-order valence-electron chi connectivity index (χ4n) is 3.21. The van der Waals surface area contributed by atoms with Gasteiger partial charge in [0.15, 0.2) is 0 Å². The van der Waals surface area contributed by atoms with Gasteiger partial charge < -0.3 is 9.84 Å². The average molecular weight is 277 g/mol. The summed E-state index contributed by atoms with van der Waals surface area (Å²) in [6.45, 7) is 10.4. The van der Waals surface area contributed by atoms with Crippen molar-refractivity contribution in [3.63, 3.8) is 0 Å². The Morgan fingerprint density at radius 2 is 1.95 bits per heavy atom. The Kier molecular flexibility index (Phi) is 4.71. The van der Waals surface area contributed by atoms with Gasteiger partial charge in [0.2, 0.25) is 0 Å². The molecule has 1 aliphatic heterocycles. The molecule has 1 aromatic rings. The molecule has 112 valence electrons. The van der Waals surface area contributed by atoms with Crippen LogP contribution < -0.4 is 4.74 Å². The lowest BCUT2D eigenvalue weighted by Crippen LogP contribution is -2.58. The predicted molar refractivity (Wildman–Crippen MR) is 82.1 cm³/mol. The van der Waals surface area contributed by atoms with Gasteiger partial charge in [-0.1, -0.05) is 38.5 Å². The molecule has 0 fully saturated rings. The average Bonchev–Trinajstić information content (AvgIpc) is 2.41. The molecule has 0 radical (unpaired) electrons. The molecular weight excluding hydrogens is 250 g/mol. The Morgan fingerprint density at radius 3 is 2.60 bits per heavy atom. The first-order valence-corrected chi connectivity index (χ1v) is 7.71. The first kappa shape index (κ1) is 15.3. The lowest BCUT2D eigenvalue weighted by molar-refractivity contribution is -0.0816. The third kappa shape index (κ3) is 2.84. The number of fused-ring (bicyclic) bond motifs is 1. The zero-order valence-electron chi connectivity index (χ0n) is 13.1. The van der Waals surface area contributed by atoms with Gasteiger partial charge in [-0.05, 0) is 39.4 Å². The molecule has 2 atom stereocenters. The minimum Gasteiger partial charge on any atom is -0.486 e. The molecule has 1 aromatic carbocycles. The Morgan fingerprint density at radius 1 is 1.25 bits per heavy atom. The lowest BCUT2D eigenvalue weighted by Gasteiger charge is -2.48. The van der Waals surface area contributed by atoms with Gasteiger partial charge in [-0.3, -0.25) is 4.90 Å². The number of ether oxygens (including phenoxy) is 1. The highest BCUT2D eigenvalue weighted by Gasteiger charge is 2.45. The van der Waals surface area contributed by atoms with E-state index in [0.717, 1.165) is 37.2 Å². The van der Waals surface area contributed by atoms with Crippen LogP contribution in [0.2, 0.25) is 0 Å². The maximum absolute atomic E-state index is 10.8. The van der Waals surface area contributed by atoms with Crippen LogP contribution in [-0.4, -0.2) is 34.7 Å². The normalized spacial score (nSPS) is 24.3. The van der Waals surface area contributed by atoms with Gasteiger partial charge in [-0.2, -0.15) is 0 Å². The van der Waals surface area contributed by atoms with Gasteiger partial charge in [-0.25, -0.2) is 0 Å². The van der Waals surface area contributed by atoms with E-state index in [4.69, 9.17) is 4.74 Å². The molecule has 20 heavy (non-hydrogen) atoms. The first-order valence-electron chi connectivity index (χ1n) is 7.71. The molecule has 0 aliphatic carbocycles. The van der Waals surface area contributed by atoms with Gasteiger partial charge in [0.25, 0.3) is 0 Å². The summed E-state index contributed by atoms with van der Waals surface area (Å²) in [4.78, 5) is 2.35. The van der Waals surface area contributed by atoms with Crippen molar-refractivity contribution in [3.05, 3.63) is 29.8 Å². The second-order valence-corrected chi connectivity index (χ2v) is 6.12. The maximum atomic E-state index is 10.8. The van der Waals surface area contributed by atoms with E-state index >= 15 is 0 Å². The van der Waals surface area contributed by atoms with Crippen molar-refractivity contribution in [2.45, 2.75) is 58.3 Å². The zero-order chi connectivity index (χ0) is 14.8. The van der Waals surface area contributed by atoms with Crippen molar-refractivity contribution in [1.82, 2.24) is 4.90 Å². The van der Waals surface area contributed by atoms with E-state index in [2.05, 4.69) is 32.6 Å². The first-order chi connectivity index (χ1) is 9.51. The third-order valence-corrected chi connectivity index (χ3v) is 4.22. The number of unbranched alkanes of at least 4 members (excludes halogenated alkanes) is 1. The van der Waals surface area contributed by atoms with Crippen molar-refractivity contribution in [3.8, 4) is 5.75 Å². The fraction of sp³-hybridized carbons (Fsp3) is 0.647. The van der Waals surface area contributed by atoms with E-state index in [1.54, 1.807) is 0 Å². The number of likely N-dealkylation sites (N-methyl/N-ethyl adjacent to an activating group) is 1. The van der Waals surface area contributed by atoms with Crippen LogP contribution in [0.1, 0.15) is 52.2 Å². The molecule has 1 heterocycles. The molecule has 0 spiro atoms. The summed E-state index contributed by atoms with van der Waals surface area (Å²) < 4.78 is 6.16. The number of rotatable bonds is 5. The van der Waals surface area contributed by atoms with Crippen molar-refractivity contribution in [1.29, 1.82) is 0 Å². The van der Waals surface area contributed by atoms with Crippen LogP contribution in [-0.2, 0) is 0 Å². The third-order valence-electron chi connectivity index (χ3n) is 4.22. The van der Waals surface area contributed by atoms with Gasteiger partial charge >= 0.3 is 0 Å². The van der Waals surface area contributed by atoms with E-state index in [1.807, 2.05) is 24.3 Å². The smallest absolute Gasteiger partial charge is 0.126 e. The van der Waals surface area contributed by atoms with E-state index in [0.29, 0.717) is 0 Å². The van der Waals surface area contributed by atoms with Crippen molar-refractivity contribution >= 4 is 0 Å². The Labute approximate surface area is 122 Å². The SMILES string of the molecule is CCCCN(CC)C1C(O)c2ccccc2OC1(C)C. The van der Waals surface area contributed by atoms with E-state index < -0.39 is 11.7 Å². The Hall–Kier alpha value is -1.06. The van der Waals surface area contributed by atoms with Gasteiger partial charge in [0, 0.05) is 5.56 Å². The molecule has 2 rings (SSSR count). The molecule has 3 nitrogen and oxygen atoms in total. The molecule has 3 heteroatoms.